The molecule has 0 bridgehead atoms. The van der Waals surface area contributed by atoms with Gasteiger partial charge in [0.25, 0.3) is 0 Å². The van der Waals surface area contributed by atoms with Crippen LogP contribution >= 0.6 is 11.8 Å². The maximum atomic E-state index is 10.00. The van der Waals surface area contributed by atoms with Gasteiger partial charge in [0.1, 0.15) is 0 Å². The molecule has 2 unspecified atom stereocenters. The van der Waals surface area contributed by atoms with Gasteiger partial charge in [-0.25, -0.2) is 0 Å². The maximum Gasteiger partial charge on any atom is 0.0579 e. The number of thioether (sulfide) groups is 1. The molecule has 0 aromatic carbocycles. The van der Waals surface area contributed by atoms with Gasteiger partial charge in [-0.05, 0) is 36.2 Å². The fraction of sp³-hybridized carbons (Fsp3) is 1.00. The summed E-state index contributed by atoms with van der Waals surface area (Å²) < 4.78 is 0. The van der Waals surface area contributed by atoms with Gasteiger partial charge in [-0.15, -0.1) is 0 Å². The minimum absolute atomic E-state index is 0.0121. The van der Waals surface area contributed by atoms with E-state index in [4.69, 9.17) is 0 Å². The molecular weight excluding hydrogens is 180 g/mol. The van der Waals surface area contributed by atoms with Gasteiger partial charge in [-0.2, -0.15) is 11.8 Å². The summed E-state index contributed by atoms with van der Waals surface area (Å²) in [7, 11) is 0. The lowest BCUT2D eigenvalue weighted by molar-refractivity contribution is 0.0933. The fourth-order valence-corrected chi connectivity index (χ4v) is 3.96. The van der Waals surface area contributed by atoms with Gasteiger partial charge in [0.2, 0.25) is 0 Å². The highest BCUT2D eigenvalue weighted by atomic mass is 32.2. The quantitative estimate of drug-likeness (QED) is 0.756. The summed E-state index contributed by atoms with van der Waals surface area (Å²) in [6, 6.07) is 0. The first-order chi connectivity index (χ1) is 6.36. The highest BCUT2D eigenvalue weighted by Crippen LogP contribution is 2.33. The summed E-state index contributed by atoms with van der Waals surface area (Å²) in [5, 5.41) is 10.00. The van der Waals surface area contributed by atoms with Crippen molar-refractivity contribution in [1.82, 2.24) is 0 Å². The second-order valence-electron chi connectivity index (χ2n) is 4.58. The molecule has 0 spiro atoms. The SMILES string of the molecule is OC(CC1CCCC1)C1CCSC1. The molecule has 0 aromatic rings. The van der Waals surface area contributed by atoms with Crippen molar-refractivity contribution in [1.29, 1.82) is 0 Å². The molecule has 1 saturated heterocycles. The summed E-state index contributed by atoms with van der Waals surface area (Å²) in [4.78, 5) is 0. The van der Waals surface area contributed by atoms with Gasteiger partial charge in [0.05, 0.1) is 6.10 Å². The molecule has 2 aliphatic rings. The zero-order valence-electron chi connectivity index (χ0n) is 8.24. The molecule has 2 heteroatoms. The van der Waals surface area contributed by atoms with Crippen LogP contribution in [0.5, 0.6) is 0 Å². The van der Waals surface area contributed by atoms with Gasteiger partial charge in [-0.3, -0.25) is 0 Å². The van der Waals surface area contributed by atoms with Gasteiger partial charge in [-0.1, -0.05) is 25.7 Å². The standard InChI is InChI=1S/C11H20OS/c12-11(10-5-6-13-8-10)7-9-3-1-2-4-9/h9-12H,1-8H2. The van der Waals surface area contributed by atoms with Crippen LogP contribution in [0.25, 0.3) is 0 Å². The Balaban J connectivity index is 1.73. The van der Waals surface area contributed by atoms with E-state index in [9.17, 15) is 5.11 Å². The minimum Gasteiger partial charge on any atom is -0.393 e. The second kappa shape index (κ2) is 4.70. The van der Waals surface area contributed by atoms with Crippen molar-refractivity contribution in [3.8, 4) is 0 Å². The van der Waals surface area contributed by atoms with E-state index >= 15 is 0 Å². The lowest BCUT2D eigenvalue weighted by Crippen LogP contribution is -2.22. The molecule has 1 heterocycles. The molecule has 0 radical (unpaired) electrons. The van der Waals surface area contributed by atoms with Crippen LogP contribution in [-0.4, -0.2) is 22.7 Å². The van der Waals surface area contributed by atoms with Crippen LogP contribution in [0.4, 0.5) is 0 Å². The van der Waals surface area contributed by atoms with Gasteiger partial charge >= 0.3 is 0 Å². The molecule has 76 valence electrons. The molecule has 2 rings (SSSR count). The molecule has 2 fully saturated rings. The summed E-state index contributed by atoms with van der Waals surface area (Å²) in [5.74, 6) is 3.94. The van der Waals surface area contributed by atoms with Crippen LogP contribution in [0.15, 0.2) is 0 Å². The van der Waals surface area contributed by atoms with Crippen molar-refractivity contribution in [2.24, 2.45) is 11.8 Å². The molecule has 0 aromatic heterocycles. The summed E-state index contributed by atoms with van der Waals surface area (Å²) in [6.07, 6.45) is 7.89. The molecular formula is C11H20OS. The Morgan fingerprint density at radius 2 is 2.00 bits per heavy atom. The highest BCUT2D eigenvalue weighted by molar-refractivity contribution is 7.99. The zero-order valence-corrected chi connectivity index (χ0v) is 9.06. The molecule has 2 atom stereocenters. The Morgan fingerprint density at radius 3 is 2.62 bits per heavy atom. The van der Waals surface area contributed by atoms with Gasteiger partial charge in [0.15, 0.2) is 0 Å². The van der Waals surface area contributed by atoms with Crippen LogP contribution < -0.4 is 0 Å². The monoisotopic (exact) mass is 200 g/mol. The molecule has 1 N–H and O–H groups in total. The van der Waals surface area contributed by atoms with Crippen LogP contribution in [-0.2, 0) is 0 Å². The Labute approximate surface area is 85.3 Å². The Kier molecular flexibility index (Phi) is 3.56. The van der Waals surface area contributed by atoms with Crippen molar-refractivity contribution in [2.45, 2.75) is 44.6 Å². The predicted molar refractivity (Wildman–Crippen MR) is 58.0 cm³/mol. The fourth-order valence-electron chi connectivity index (χ4n) is 2.64. The highest BCUT2D eigenvalue weighted by Gasteiger charge is 2.27. The van der Waals surface area contributed by atoms with Crippen molar-refractivity contribution in [3.05, 3.63) is 0 Å². The van der Waals surface area contributed by atoms with Crippen LogP contribution in [0, 0.1) is 11.8 Å². The molecule has 1 nitrogen and oxygen atoms in total. The van der Waals surface area contributed by atoms with Crippen LogP contribution in [0.1, 0.15) is 38.5 Å². The largest absolute Gasteiger partial charge is 0.393 e. The normalized spacial score (nSPS) is 32.5. The third kappa shape index (κ3) is 2.63. The smallest absolute Gasteiger partial charge is 0.0579 e. The zero-order chi connectivity index (χ0) is 9.10. The van der Waals surface area contributed by atoms with Gasteiger partial charge in [0, 0.05) is 0 Å². The van der Waals surface area contributed by atoms with Crippen molar-refractivity contribution < 1.29 is 5.11 Å². The molecule has 0 amide bonds. The minimum atomic E-state index is 0.0121. The average molecular weight is 200 g/mol. The molecule has 1 aliphatic carbocycles. The third-order valence-corrected chi connectivity index (χ3v) is 4.75. The average Bonchev–Trinajstić information content (AvgIpc) is 2.74. The number of rotatable bonds is 3. The van der Waals surface area contributed by atoms with Crippen LogP contribution in [0.3, 0.4) is 0 Å². The maximum absolute atomic E-state index is 10.00. The molecule has 1 aliphatic heterocycles. The first kappa shape index (κ1) is 9.85. The Bertz CT molecular complexity index is 148. The van der Waals surface area contributed by atoms with E-state index in [0.29, 0.717) is 5.92 Å². The van der Waals surface area contributed by atoms with E-state index in [1.807, 2.05) is 11.8 Å². The molecule has 13 heavy (non-hydrogen) atoms. The first-order valence-corrected chi connectivity index (χ1v) is 6.77. The third-order valence-electron chi connectivity index (χ3n) is 3.56. The number of hydrogen-bond donors (Lipinski definition) is 1. The van der Waals surface area contributed by atoms with E-state index in [1.165, 1.54) is 43.6 Å². The number of hydrogen-bond acceptors (Lipinski definition) is 2. The Morgan fingerprint density at radius 1 is 1.23 bits per heavy atom. The van der Waals surface area contributed by atoms with E-state index in [-0.39, 0.29) is 6.10 Å². The van der Waals surface area contributed by atoms with E-state index in [0.717, 1.165) is 12.3 Å². The second-order valence-corrected chi connectivity index (χ2v) is 5.73. The first-order valence-electron chi connectivity index (χ1n) is 5.62. The van der Waals surface area contributed by atoms with Crippen molar-refractivity contribution in [3.63, 3.8) is 0 Å². The lowest BCUT2D eigenvalue weighted by Gasteiger charge is -2.20. The van der Waals surface area contributed by atoms with Crippen molar-refractivity contribution >= 4 is 11.8 Å². The number of aliphatic hydroxyl groups is 1. The molecule has 1 saturated carbocycles. The van der Waals surface area contributed by atoms with E-state index in [1.54, 1.807) is 0 Å². The Hall–Kier alpha value is 0.310. The number of aliphatic hydroxyl groups excluding tert-OH is 1. The van der Waals surface area contributed by atoms with E-state index < -0.39 is 0 Å². The predicted octanol–water partition coefficient (Wildman–Crippen LogP) is 2.68. The van der Waals surface area contributed by atoms with Gasteiger partial charge < -0.3 is 5.11 Å². The lowest BCUT2D eigenvalue weighted by atomic mass is 9.91. The van der Waals surface area contributed by atoms with Crippen LogP contribution in [0.2, 0.25) is 0 Å². The topological polar surface area (TPSA) is 20.2 Å². The summed E-state index contributed by atoms with van der Waals surface area (Å²) in [5.41, 5.74) is 0. The van der Waals surface area contributed by atoms with Crippen molar-refractivity contribution in [2.75, 3.05) is 11.5 Å². The summed E-state index contributed by atoms with van der Waals surface area (Å²) >= 11 is 2.01. The summed E-state index contributed by atoms with van der Waals surface area (Å²) in [6.45, 7) is 0. The van der Waals surface area contributed by atoms with E-state index in [2.05, 4.69) is 0 Å².